The van der Waals surface area contributed by atoms with E-state index in [4.69, 9.17) is 14.2 Å². The van der Waals surface area contributed by atoms with Gasteiger partial charge in [0.25, 0.3) is 0 Å². The number of Topliss-reactive ketones (excluding diaryl/α,β-unsaturated/α-hetero) is 1. The van der Waals surface area contributed by atoms with Crippen LogP contribution in [0.4, 0.5) is 0 Å². The number of hydrogen-bond donors (Lipinski definition) is 0. The van der Waals surface area contributed by atoms with Gasteiger partial charge in [-0.25, -0.2) is 0 Å². The van der Waals surface area contributed by atoms with E-state index >= 15 is 0 Å². The average molecular weight is 494 g/mol. The van der Waals surface area contributed by atoms with Crippen LogP contribution < -0.4 is 9.47 Å². The lowest BCUT2D eigenvalue weighted by atomic mass is 9.88. The fourth-order valence-electron chi connectivity index (χ4n) is 5.39. The van der Waals surface area contributed by atoms with Crippen LogP contribution >= 0.6 is 0 Å². The van der Waals surface area contributed by atoms with Crippen molar-refractivity contribution in [2.75, 3.05) is 32.8 Å². The number of hydrogen-bond acceptors (Lipinski definition) is 5. The first-order valence-electron chi connectivity index (χ1n) is 14.0. The molecule has 0 aromatic heterocycles. The van der Waals surface area contributed by atoms with Gasteiger partial charge >= 0.3 is 0 Å². The highest BCUT2D eigenvalue weighted by atomic mass is 16.6. The smallest absolute Gasteiger partial charge is 0.161 e. The second kappa shape index (κ2) is 14.4. The molecule has 0 spiro atoms. The number of ketones is 1. The van der Waals surface area contributed by atoms with Crippen LogP contribution in [0.5, 0.6) is 11.5 Å². The first-order valence-corrected chi connectivity index (χ1v) is 14.0. The standard InChI is InChI=1S/C31H43NO4/c1-2-3-4-5-9-14-28(33)21-27(23-32-17-10-11-18-32)31(36-24-25-12-7-6-8-13-25)26-15-16-29-30(22-26)35-20-19-34-29/h6-8,12-13,15-16,22,27,31H,2-5,9-11,14,17-21,23-24H2,1H3/t27-,31-/m1/s1. The molecule has 0 N–H and O–H groups in total. The lowest BCUT2D eigenvalue weighted by Gasteiger charge is -2.31. The van der Waals surface area contributed by atoms with Crippen LogP contribution in [0.15, 0.2) is 48.5 Å². The fraction of sp³-hybridized carbons (Fsp3) is 0.581. The van der Waals surface area contributed by atoms with Gasteiger partial charge in [0.1, 0.15) is 19.0 Å². The molecule has 4 rings (SSSR count). The number of carbonyl (C=O) groups excluding carboxylic acids is 1. The Hall–Kier alpha value is -2.37. The molecule has 5 nitrogen and oxygen atoms in total. The Bertz CT molecular complexity index is 925. The maximum Gasteiger partial charge on any atom is 0.161 e. The molecule has 2 heterocycles. The molecule has 2 aromatic carbocycles. The minimum atomic E-state index is -0.189. The van der Waals surface area contributed by atoms with Crippen LogP contribution in [0, 0.1) is 5.92 Å². The molecule has 2 aliphatic rings. The highest BCUT2D eigenvalue weighted by molar-refractivity contribution is 5.78. The SMILES string of the molecule is CCCCCCCC(=O)C[C@H](CN1CCCC1)[C@H](OCc1ccccc1)c1ccc2c(c1)OCCO2. The molecule has 2 atom stereocenters. The quantitative estimate of drug-likeness (QED) is 0.257. The van der Waals surface area contributed by atoms with E-state index in [1.807, 2.05) is 24.3 Å². The van der Waals surface area contributed by atoms with Crippen LogP contribution in [0.3, 0.4) is 0 Å². The minimum absolute atomic E-state index is 0.0949. The summed E-state index contributed by atoms with van der Waals surface area (Å²) in [6, 6.07) is 16.5. The third-order valence-electron chi connectivity index (χ3n) is 7.34. The summed E-state index contributed by atoms with van der Waals surface area (Å²) in [7, 11) is 0. The molecule has 0 bridgehead atoms. The number of rotatable bonds is 15. The lowest BCUT2D eigenvalue weighted by Crippen LogP contribution is -2.33. The number of likely N-dealkylation sites (tertiary alicyclic amines) is 1. The minimum Gasteiger partial charge on any atom is -0.486 e. The van der Waals surface area contributed by atoms with E-state index in [1.54, 1.807) is 0 Å². The number of nitrogens with zero attached hydrogens (tertiary/aromatic N) is 1. The summed E-state index contributed by atoms with van der Waals surface area (Å²) in [4.78, 5) is 15.7. The molecule has 0 saturated carbocycles. The molecule has 1 fully saturated rings. The van der Waals surface area contributed by atoms with Crippen molar-refractivity contribution in [2.24, 2.45) is 5.92 Å². The van der Waals surface area contributed by atoms with Crippen LogP contribution in [-0.2, 0) is 16.1 Å². The van der Waals surface area contributed by atoms with E-state index in [9.17, 15) is 4.79 Å². The van der Waals surface area contributed by atoms with Crippen molar-refractivity contribution in [3.8, 4) is 11.5 Å². The van der Waals surface area contributed by atoms with Gasteiger partial charge in [-0.2, -0.15) is 0 Å². The predicted octanol–water partition coefficient (Wildman–Crippen LogP) is 6.75. The van der Waals surface area contributed by atoms with Crippen molar-refractivity contribution < 1.29 is 19.0 Å². The Labute approximate surface area is 217 Å². The molecule has 0 amide bonds. The summed E-state index contributed by atoms with van der Waals surface area (Å²) < 4.78 is 18.3. The third-order valence-corrected chi connectivity index (χ3v) is 7.34. The van der Waals surface area contributed by atoms with Crippen LogP contribution in [0.1, 0.15) is 81.9 Å². The number of carbonyl (C=O) groups is 1. The zero-order chi connectivity index (χ0) is 25.0. The van der Waals surface area contributed by atoms with Crippen LogP contribution in [0.2, 0.25) is 0 Å². The first-order chi connectivity index (χ1) is 17.7. The Morgan fingerprint density at radius 3 is 2.47 bits per heavy atom. The number of unbranched alkanes of at least 4 members (excludes halogenated alkanes) is 4. The molecular weight excluding hydrogens is 450 g/mol. The van der Waals surface area contributed by atoms with Crippen molar-refractivity contribution in [1.29, 1.82) is 0 Å². The van der Waals surface area contributed by atoms with Crippen molar-refractivity contribution in [2.45, 2.75) is 77.4 Å². The monoisotopic (exact) mass is 493 g/mol. The van der Waals surface area contributed by atoms with E-state index < -0.39 is 0 Å². The van der Waals surface area contributed by atoms with E-state index in [0.717, 1.165) is 55.1 Å². The first kappa shape index (κ1) is 26.7. The van der Waals surface area contributed by atoms with E-state index in [1.165, 1.54) is 32.1 Å². The topological polar surface area (TPSA) is 48.0 Å². The summed E-state index contributed by atoms with van der Waals surface area (Å²) in [6.45, 7) is 6.96. The summed E-state index contributed by atoms with van der Waals surface area (Å²) in [6.07, 6.45) is 9.35. The van der Waals surface area contributed by atoms with E-state index in [-0.39, 0.29) is 12.0 Å². The summed E-state index contributed by atoms with van der Waals surface area (Å²) in [5, 5.41) is 0. The molecule has 2 aromatic rings. The van der Waals surface area contributed by atoms with Gasteiger partial charge in [-0.05, 0) is 55.6 Å². The van der Waals surface area contributed by atoms with Gasteiger partial charge in [0.2, 0.25) is 0 Å². The molecule has 0 radical (unpaired) electrons. The van der Waals surface area contributed by atoms with Crippen molar-refractivity contribution in [1.82, 2.24) is 4.90 Å². The lowest BCUT2D eigenvalue weighted by molar-refractivity contribution is -0.122. The molecule has 5 heteroatoms. The molecule has 0 aliphatic carbocycles. The number of benzene rings is 2. The van der Waals surface area contributed by atoms with Gasteiger partial charge in [0.15, 0.2) is 11.5 Å². The Kier molecular flexibility index (Phi) is 10.7. The molecular formula is C31H43NO4. The largest absolute Gasteiger partial charge is 0.486 e. The molecule has 0 unspecified atom stereocenters. The summed E-state index contributed by atoms with van der Waals surface area (Å²) >= 11 is 0. The fourth-order valence-corrected chi connectivity index (χ4v) is 5.39. The number of ether oxygens (including phenoxy) is 3. The Morgan fingerprint density at radius 2 is 1.69 bits per heavy atom. The molecule has 2 aliphatic heterocycles. The second-order valence-electron chi connectivity index (χ2n) is 10.3. The Morgan fingerprint density at radius 1 is 0.944 bits per heavy atom. The Balaban J connectivity index is 1.52. The van der Waals surface area contributed by atoms with Gasteiger partial charge < -0.3 is 19.1 Å². The van der Waals surface area contributed by atoms with E-state index in [0.29, 0.717) is 38.4 Å². The van der Waals surface area contributed by atoms with Gasteiger partial charge in [-0.3, -0.25) is 4.79 Å². The zero-order valence-electron chi connectivity index (χ0n) is 22.0. The van der Waals surface area contributed by atoms with E-state index in [2.05, 4.69) is 36.1 Å². The maximum atomic E-state index is 13.2. The summed E-state index contributed by atoms with van der Waals surface area (Å²) in [5.41, 5.74) is 2.21. The van der Waals surface area contributed by atoms with Crippen molar-refractivity contribution in [3.05, 3.63) is 59.7 Å². The van der Waals surface area contributed by atoms with Crippen LogP contribution in [0.25, 0.3) is 0 Å². The van der Waals surface area contributed by atoms with Crippen molar-refractivity contribution in [3.63, 3.8) is 0 Å². The third kappa shape index (κ3) is 8.07. The highest BCUT2D eigenvalue weighted by Crippen LogP contribution is 2.38. The molecule has 36 heavy (non-hydrogen) atoms. The second-order valence-corrected chi connectivity index (χ2v) is 10.3. The average Bonchev–Trinajstić information content (AvgIpc) is 3.42. The zero-order valence-corrected chi connectivity index (χ0v) is 22.0. The van der Waals surface area contributed by atoms with Gasteiger partial charge in [0.05, 0.1) is 12.7 Å². The summed E-state index contributed by atoms with van der Waals surface area (Å²) in [5.74, 6) is 2.01. The van der Waals surface area contributed by atoms with Crippen LogP contribution in [-0.4, -0.2) is 43.5 Å². The molecule has 196 valence electrons. The molecule has 1 saturated heterocycles. The maximum absolute atomic E-state index is 13.2. The van der Waals surface area contributed by atoms with Gasteiger partial charge in [-0.15, -0.1) is 0 Å². The number of fused-ring (bicyclic) bond motifs is 1. The van der Waals surface area contributed by atoms with Gasteiger partial charge in [-0.1, -0.05) is 69.0 Å². The normalized spacial score (nSPS) is 17.1. The highest BCUT2D eigenvalue weighted by Gasteiger charge is 2.30. The predicted molar refractivity (Wildman–Crippen MR) is 144 cm³/mol. The van der Waals surface area contributed by atoms with Crippen molar-refractivity contribution >= 4 is 5.78 Å². The van der Waals surface area contributed by atoms with Gasteiger partial charge in [0, 0.05) is 25.3 Å².